The first-order chi connectivity index (χ1) is 11.2. The van der Waals surface area contributed by atoms with Crippen LogP contribution < -0.4 is 0 Å². The lowest BCUT2D eigenvalue weighted by Gasteiger charge is -2.26. The van der Waals surface area contributed by atoms with E-state index in [2.05, 4.69) is 9.64 Å². The second kappa shape index (κ2) is 7.57. The van der Waals surface area contributed by atoms with Crippen LogP contribution in [0.4, 0.5) is 13.2 Å². The molecule has 0 saturated carbocycles. The van der Waals surface area contributed by atoms with E-state index in [1.54, 1.807) is 13.0 Å². The van der Waals surface area contributed by atoms with Gasteiger partial charge in [0.2, 0.25) is 5.76 Å². The van der Waals surface area contributed by atoms with Crippen molar-refractivity contribution in [1.82, 2.24) is 9.80 Å². The molecule has 0 unspecified atom stereocenters. The van der Waals surface area contributed by atoms with Gasteiger partial charge in [-0.1, -0.05) is 0 Å². The molecule has 24 heavy (non-hydrogen) atoms. The monoisotopic (exact) mass is 348 g/mol. The van der Waals surface area contributed by atoms with Crippen LogP contribution in [0.2, 0.25) is 0 Å². The molecule has 0 bridgehead atoms. The van der Waals surface area contributed by atoms with E-state index in [0.29, 0.717) is 43.9 Å². The molecule has 1 aromatic rings. The SMILES string of the molecule is COC(=O)c1oc([C@@H](C)N2CCCN(CC(F)(F)F)CC2)cc1C. The van der Waals surface area contributed by atoms with E-state index in [4.69, 9.17) is 4.42 Å². The fourth-order valence-corrected chi connectivity index (χ4v) is 2.98. The van der Waals surface area contributed by atoms with Gasteiger partial charge in [-0.05, 0) is 32.9 Å². The maximum absolute atomic E-state index is 12.5. The quantitative estimate of drug-likeness (QED) is 0.783. The third kappa shape index (κ3) is 4.73. The van der Waals surface area contributed by atoms with Crippen LogP contribution in [0.25, 0.3) is 0 Å². The van der Waals surface area contributed by atoms with Gasteiger partial charge in [0.1, 0.15) is 5.76 Å². The Kier molecular flexibility index (Phi) is 5.92. The molecule has 0 spiro atoms. The number of carbonyl (C=O) groups excluding carboxylic acids is 1. The maximum atomic E-state index is 12.5. The Balaban J connectivity index is 2.02. The Morgan fingerprint density at radius 1 is 1.33 bits per heavy atom. The number of hydrogen-bond acceptors (Lipinski definition) is 5. The Hall–Kier alpha value is -1.54. The van der Waals surface area contributed by atoms with Gasteiger partial charge >= 0.3 is 12.1 Å². The minimum absolute atomic E-state index is 0.118. The van der Waals surface area contributed by atoms with E-state index in [-0.39, 0.29) is 11.8 Å². The van der Waals surface area contributed by atoms with Gasteiger partial charge in [0.25, 0.3) is 0 Å². The van der Waals surface area contributed by atoms with Crippen molar-refractivity contribution in [2.45, 2.75) is 32.5 Å². The van der Waals surface area contributed by atoms with Crippen LogP contribution in [0.5, 0.6) is 0 Å². The van der Waals surface area contributed by atoms with Crippen molar-refractivity contribution in [2.24, 2.45) is 0 Å². The number of alkyl halides is 3. The molecule has 0 aliphatic carbocycles. The van der Waals surface area contributed by atoms with Crippen LogP contribution >= 0.6 is 0 Å². The highest BCUT2D eigenvalue weighted by molar-refractivity contribution is 5.87. The molecular weight excluding hydrogens is 325 g/mol. The van der Waals surface area contributed by atoms with E-state index in [1.807, 2.05) is 6.92 Å². The van der Waals surface area contributed by atoms with Gasteiger partial charge in [0.05, 0.1) is 19.7 Å². The Morgan fingerprint density at radius 3 is 2.67 bits per heavy atom. The lowest BCUT2D eigenvalue weighted by molar-refractivity contribution is -0.145. The molecule has 5 nitrogen and oxygen atoms in total. The number of carbonyl (C=O) groups is 1. The van der Waals surface area contributed by atoms with Crippen molar-refractivity contribution in [1.29, 1.82) is 0 Å². The van der Waals surface area contributed by atoms with Crippen molar-refractivity contribution in [3.8, 4) is 0 Å². The summed E-state index contributed by atoms with van der Waals surface area (Å²) in [4.78, 5) is 15.1. The molecule has 0 aromatic carbocycles. The minimum atomic E-state index is -4.17. The average Bonchev–Trinajstić information content (AvgIpc) is 2.74. The molecule has 1 aliphatic heterocycles. The normalized spacial score (nSPS) is 19.1. The van der Waals surface area contributed by atoms with Crippen LogP contribution in [0.3, 0.4) is 0 Å². The van der Waals surface area contributed by atoms with Crippen molar-refractivity contribution < 1.29 is 27.1 Å². The zero-order valence-electron chi connectivity index (χ0n) is 14.2. The van der Waals surface area contributed by atoms with Gasteiger partial charge < -0.3 is 9.15 Å². The van der Waals surface area contributed by atoms with Crippen LogP contribution in [0, 0.1) is 6.92 Å². The number of esters is 1. The van der Waals surface area contributed by atoms with Gasteiger partial charge in [0.15, 0.2) is 0 Å². The summed E-state index contributed by atoms with van der Waals surface area (Å²) in [5.74, 6) is 0.267. The fourth-order valence-electron chi connectivity index (χ4n) is 2.98. The molecule has 2 rings (SSSR count). The highest BCUT2D eigenvalue weighted by Gasteiger charge is 2.32. The number of hydrogen-bond donors (Lipinski definition) is 0. The molecule has 0 N–H and O–H groups in total. The zero-order chi connectivity index (χ0) is 17.9. The fraction of sp³-hybridized carbons (Fsp3) is 0.688. The first kappa shape index (κ1) is 18.8. The topological polar surface area (TPSA) is 45.9 Å². The molecular formula is C16H23F3N2O3. The number of rotatable bonds is 4. The summed E-state index contributed by atoms with van der Waals surface area (Å²) >= 11 is 0. The summed E-state index contributed by atoms with van der Waals surface area (Å²) in [7, 11) is 1.29. The van der Waals surface area contributed by atoms with Gasteiger partial charge in [-0.3, -0.25) is 9.80 Å². The van der Waals surface area contributed by atoms with E-state index >= 15 is 0 Å². The first-order valence-corrected chi connectivity index (χ1v) is 7.93. The molecule has 8 heteroatoms. The predicted octanol–water partition coefficient (Wildman–Crippen LogP) is 3.01. The average molecular weight is 348 g/mol. The number of halogens is 3. The summed E-state index contributed by atoms with van der Waals surface area (Å²) in [6.07, 6.45) is -3.52. The van der Waals surface area contributed by atoms with Crippen molar-refractivity contribution in [2.75, 3.05) is 39.8 Å². The first-order valence-electron chi connectivity index (χ1n) is 7.93. The minimum Gasteiger partial charge on any atom is -0.463 e. The molecule has 1 aromatic heterocycles. The van der Waals surface area contributed by atoms with Gasteiger partial charge in [0, 0.05) is 25.2 Å². The van der Waals surface area contributed by atoms with Crippen molar-refractivity contribution in [3.63, 3.8) is 0 Å². The Bertz CT molecular complexity index is 571. The van der Waals surface area contributed by atoms with E-state index in [1.165, 1.54) is 12.0 Å². The number of nitrogens with zero attached hydrogens (tertiary/aromatic N) is 2. The molecule has 2 heterocycles. The number of methoxy groups -OCH3 is 1. The van der Waals surface area contributed by atoms with Crippen LogP contribution in [0.15, 0.2) is 10.5 Å². The third-order valence-corrected chi connectivity index (χ3v) is 4.29. The predicted molar refractivity (Wildman–Crippen MR) is 81.9 cm³/mol. The maximum Gasteiger partial charge on any atom is 0.401 e. The summed E-state index contributed by atoms with van der Waals surface area (Å²) < 4.78 is 47.9. The second-order valence-corrected chi connectivity index (χ2v) is 6.11. The second-order valence-electron chi connectivity index (χ2n) is 6.11. The molecule has 136 valence electrons. The van der Waals surface area contributed by atoms with E-state index < -0.39 is 18.7 Å². The van der Waals surface area contributed by atoms with E-state index in [9.17, 15) is 18.0 Å². The van der Waals surface area contributed by atoms with Crippen molar-refractivity contribution in [3.05, 3.63) is 23.2 Å². The van der Waals surface area contributed by atoms with Crippen LogP contribution in [0.1, 0.15) is 41.3 Å². The molecule has 0 amide bonds. The highest BCUT2D eigenvalue weighted by atomic mass is 19.4. The Morgan fingerprint density at radius 2 is 2.04 bits per heavy atom. The lowest BCUT2D eigenvalue weighted by atomic mass is 10.2. The molecule has 1 atom stereocenters. The van der Waals surface area contributed by atoms with Crippen LogP contribution in [-0.2, 0) is 4.74 Å². The summed E-state index contributed by atoms with van der Waals surface area (Å²) in [6.45, 7) is 4.80. The molecule has 0 radical (unpaired) electrons. The zero-order valence-corrected chi connectivity index (χ0v) is 14.2. The number of ether oxygens (including phenoxy) is 1. The smallest absolute Gasteiger partial charge is 0.401 e. The van der Waals surface area contributed by atoms with E-state index in [0.717, 1.165) is 0 Å². The number of aryl methyl sites for hydroxylation is 1. The largest absolute Gasteiger partial charge is 0.463 e. The summed E-state index contributed by atoms with van der Waals surface area (Å²) in [5.41, 5.74) is 0.692. The molecule has 1 fully saturated rings. The van der Waals surface area contributed by atoms with Crippen LogP contribution in [-0.4, -0.2) is 61.8 Å². The summed E-state index contributed by atoms with van der Waals surface area (Å²) in [6, 6.07) is 1.67. The molecule has 1 saturated heterocycles. The van der Waals surface area contributed by atoms with Gasteiger partial charge in [-0.25, -0.2) is 4.79 Å². The third-order valence-electron chi connectivity index (χ3n) is 4.29. The van der Waals surface area contributed by atoms with Crippen molar-refractivity contribution >= 4 is 5.97 Å². The molecule has 1 aliphatic rings. The van der Waals surface area contributed by atoms with Gasteiger partial charge in [-0.15, -0.1) is 0 Å². The summed E-state index contributed by atoms with van der Waals surface area (Å²) in [5, 5.41) is 0. The lowest BCUT2D eigenvalue weighted by Crippen LogP contribution is -2.37. The highest BCUT2D eigenvalue weighted by Crippen LogP contribution is 2.27. The number of furan rings is 1. The standard InChI is InChI=1S/C16H23F3N2O3/c1-11-9-13(24-14(11)15(22)23-3)12(2)21-6-4-5-20(7-8-21)10-16(17,18)19/h9,12H,4-8,10H2,1-3H3/t12-/m1/s1. The van der Waals surface area contributed by atoms with Gasteiger partial charge in [-0.2, -0.15) is 13.2 Å². The Labute approximate surface area is 139 Å².